The topological polar surface area (TPSA) is 15.3 Å². The second-order valence-electron chi connectivity index (χ2n) is 6.20. The lowest BCUT2D eigenvalue weighted by Gasteiger charge is -2.57. The summed E-state index contributed by atoms with van der Waals surface area (Å²) < 4.78 is 0. The summed E-state index contributed by atoms with van der Waals surface area (Å²) in [4.78, 5) is 2.85. The van der Waals surface area contributed by atoms with Crippen molar-refractivity contribution in [3.8, 4) is 0 Å². The molecular formula is C14H28N2. The Balaban J connectivity index is 2.13. The number of nitrogens with zero attached hydrogens (tertiary/aromatic N) is 1. The third-order valence-corrected chi connectivity index (χ3v) is 4.87. The molecule has 1 heterocycles. The van der Waals surface area contributed by atoms with E-state index in [0.29, 0.717) is 11.6 Å². The smallest absolute Gasteiger partial charge is 0.0249 e. The molecule has 2 rings (SSSR count). The Labute approximate surface area is 101 Å². The number of hydrogen-bond acceptors (Lipinski definition) is 2. The van der Waals surface area contributed by atoms with Gasteiger partial charge in [0.25, 0.3) is 0 Å². The molecular weight excluding hydrogens is 196 g/mol. The van der Waals surface area contributed by atoms with Gasteiger partial charge in [-0.05, 0) is 38.5 Å². The van der Waals surface area contributed by atoms with Gasteiger partial charge >= 0.3 is 0 Å². The zero-order valence-corrected chi connectivity index (χ0v) is 11.4. The fraction of sp³-hybridized carbons (Fsp3) is 1.00. The van der Waals surface area contributed by atoms with Crippen LogP contribution in [0.15, 0.2) is 0 Å². The Kier molecular flexibility index (Phi) is 3.60. The molecule has 2 atom stereocenters. The van der Waals surface area contributed by atoms with Crippen molar-refractivity contribution in [1.82, 2.24) is 10.2 Å². The third kappa shape index (κ3) is 2.02. The zero-order valence-electron chi connectivity index (χ0n) is 11.4. The van der Waals surface area contributed by atoms with Crippen molar-refractivity contribution in [3.63, 3.8) is 0 Å². The van der Waals surface area contributed by atoms with E-state index in [1.807, 2.05) is 0 Å². The van der Waals surface area contributed by atoms with Crippen LogP contribution in [0.25, 0.3) is 0 Å². The van der Waals surface area contributed by atoms with E-state index in [-0.39, 0.29) is 0 Å². The predicted molar refractivity (Wildman–Crippen MR) is 69.7 cm³/mol. The molecule has 2 fully saturated rings. The predicted octanol–water partition coefficient (Wildman–Crippen LogP) is 2.64. The number of piperazine rings is 1. The second kappa shape index (κ2) is 4.66. The maximum absolute atomic E-state index is 3.65. The summed E-state index contributed by atoms with van der Waals surface area (Å²) in [6.07, 6.45) is 5.64. The molecule has 1 saturated carbocycles. The Hall–Kier alpha value is -0.0800. The molecule has 1 saturated heterocycles. The van der Waals surface area contributed by atoms with Crippen molar-refractivity contribution in [2.75, 3.05) is 13.1 Å². The summed E-state index contributed by atoms with van der Waals surface area (Å²) >= 11 is 0. The molecule has 0 aromatic heterocycles. The minimum absolute atomic E-state index is 0.561. The first kappa shape index (κ1) is 12.4. The Bertz CT molecular complexity index is 227. The van der Waals surface area contributed by atoms with Crippen molar-refractivity contribution < 1.29 is 0 Å². The maximum Gasteiger partial charge on any atom is 0.0249 e. The SMILES string of the molecule is CCC1(N2CC(C)NCC2C(C)C)CCC1. The van der Waals surface area contributed by atoms with Crippen LogP contribution in [0.3, 0.4) is 0 Å². The molecule has 2 nitrogen and oxygen atoms in total. The van der Waals surface area contributed by atoms with E-state index in [0.717, 1.165) is 12.0 Å². The van der Waals surface area contributed by atoms with Crippen molar-refractivity contribution >= 4 is 0 Å². The van der Waals surface area contributed by atoms with E-state index >= 15 is 0 Å². The lowest BCUT2D eigenvalue weighted by molar-refractivity contribution is -0.0547. The van der Waals surface area contributed by atoms with Crippen LogP contribution in [0.1, 0.15) is 53.4 Å². The molecule has 1 aliphatic carbocycles. The number of rotatable bonds is 3. The molecule has 16 heavy (non-hydrogen) atoms. The fourth-order valence-corrected chi connectivity index (χ4v) is 3.50. The van der Waals surface area contributed by atoms with Crippen LogP contribution < -0.4 is 5.32 Å². The lowest BCUT2D eigenvalue weighted by Crippen LogP contribution is -2.67. The molecule has 0 amide bonds. The highest BCUT2D eigenvalue weighted by Crippen LogP contribution is 2.43. The average Bonchev–Trinajstić information content (AvgIpc) is 2.16. The monoisotopic (exact) mass is 224 g/mol. The molecule has 0 spiro atoms. The summed E-state index contributed by atoms with van der Waals surface area (Å²) in [6.45, 7) is 11.9. The summed E-state index contributed by atoms with van der Waals surface area (Å²) in [5, 5.41) is 3.65. The van der Waals surface area contributed by atoms with E-state index < -0.39 is 0 Å². The quantitative estimate of drug-likeness (QED) is 0.793. The van der Waals surface area contributed by atoms with E-state index in [1.54, 1.807) is 0 Å². The van der Waals surface area contributed by atoms with Gasteiger partial charge in [0.05, 0.1) is 0 Å². The molecule has 1 N–H and O–H groups in total. The molecule has 1 aliphatic heterocycles. The average molecular weight is 224 g/mol. The largest absolute Gasteiger partial charge is 0.311 e. The van der Waals surface area contributed by atoms with Crippen LogP contribution in [0.4, 0.5) is 0 Å². The van der Waals surface area contributed by atoms with Crippen LogP contribution in [0, 0.1) is 5.92 Å². The van der Waals surface area contributed by atoms with Gasteiger partial charge < -0.3 is 5.32 Å². The maximum atomic E-state index is 3.65. The van der Waals surface area contributed by atoms with Gasteiger partial charge in [-0.15, -0.1) is 0 Å². The highest BCUT2D eigenvalue weighted by Gasteiger charge is 2.45. The fourth-order valence-electron chi connectivity index (χ4n) is 3.50. The summed E-state index contributed by atoms with van der Waals surface area (Å²) in [7, 11) is 0. The van der Waals surface area contributed by atoms with Crippen LogP contribution in [-0.2, 0) is 0 Å². The summed E-state index contributed by atoms with van der Waals surface area (Å²) in [5.74, 6) is 0.768. The Morgan fingerprint density at radius 1 is 1.38 bits per heavy atom. The molecule has 2 aliphatic rings. The summed E-state index contributed by atoms with van der Waals surface area (Å²) in [6, 6.07) is 1.41. The first-order valence-corrected chi connectivity index (χ1v) is 7.09. The highest BCUT2D eigenvalue weighted by molar-refractivity contribution is 5.02. The third-order valence-electron chi connectivity index (χ3n) is 4.87. The zero-order chi connectivity index (χ0) is 11.8. The van der Waals surface area contributed by atoms with Gasteiger partial charge in [-0.3, -0.25) is 4.90 Å². The minimum atomic E-state index is 0.561. The molecule has 0 aromatic rings. The summed E-state index contributed by atoms with van der Waals surface area (Å²) in [5.41, 5.74) is 0.561. The van der Waals surface area contributed by atoms with Crippen molar-refractivity contribution in [2.24, 2.45) is 5.92 Å². The van der Waals surface area contributed by atoms with E-state index in [4.69, 9.17) is 0 Å². The molecule has 94 valence electrons. The van der Waals surface area contributed by atoms with E-state index in [1.165, 1.54) is 38.8 Å². The molecule has 2 unspecified atom stereocenters. The van der Waals surface area contributed by atoms with Crippen LogP contribution in [-0.4, -0.2) is 35.6 Å². The van der Waals surface area contributed by atoms with Crippen molar-refractivity contribution in [3.05, 3.63) is 0 Å². The molecule has 2 heteroatoms. The van der Waals surface area contributed by atoms with Gasteiger partial charge in [0, 0.05) is 30.7 Å². The number of hydrogen-bond donors (Lipinski definition) is 1. The standard InChI is InChI=1S/C14H28N2/c1-5-14(7-6-8-14)16-10-12(4)15-9-13(16)11(2)3/h11-13,15H,5-10H2,1-4H3. The van der Waals surface area contributed by atoms with Crippen molar-refractivity contribution in [2.45, 2.75) is 71.0 Å². The van der Waals surface area contributed by atoms with E-state index in [2.05, 4.69) is 37.9 Å². The second-order valence-corrected chi connectivity index (χ2v) is 6.20. The lowest BCUT2D eigenvalue weighted by atomic mass is 9.71. The minimum Gasteiger partial charge on any atom is -0.311 e. The van der Waals surface area contributed by atoms with Gasteiger partial charge in [-0.2, -0.15) is 0 Å². The molecule has 0 aromatic carbocycles. The van der Waals surface area contributed by atoms with Gasteiger partial charge in [-0.1, -0.05) is 20.8 Å². The molecule has 0 radical (unpaired) electrons. The number of nitrogens with one attached hydrogen (secondary N) is 1. The van der Waals surface area contributed by atoms with Crippen LogP contribution in [0.2, 0.25) is 0 Å². The first-order chi connectivity index (χ1) is 7.59. The van der Waals surface area contributed by atoms with Gasteiger partial charge in [-0.25, -0.2) is 0 Å². The van der Waals surface area contributed by atoms with Gasteiger partial charge in [0.1, 0.15) is 0 Å². The Morgan fingerprint density at radius 3 is 2.50 bits per heavy atom. The van der Waals surface area contributed by atoms with E-state index in [9.17, 15) is 0 Å². The highest BCUT2D eigenvalue weighted by atomic mass is 15.3. The van der Waals surface area contributed by atoms with Crippen LogP contribution >= 0.6 is 0 Å². The first-order valence-electron chi connectivity index (χ1n) is 7.09. The molecule has 0 bridgehead atoms. The van der Waals surface area contributed by atoms with Gasteiger partial charge in [0.2, 0.25) is 0 Å². The van der Waals surface area contributed by atoms with Crippen LogP contribution in [0.5, 0.6) is 0 Å². The van der Waals surface area contributed by atoms with Crippen molar-refractivity contribution in [1.29, 1.82) is 0 Å². The van der Waals surface area contributed by atoms with Gasteiger partial charge in [0.15, 0.2) is 0 Å². The Morgan fingerprint density at radius 2 is 2.06 bits per heavy atom. The normalized spacial score (nSPS) is 35.1.